The van der Waals surface area contributed by atoms with Gasteiger partial charge in [0.15, 0.2) is 5.65 Å². The third kappa shape index (κ3) is 1.26. The zero-order chi connectivity index (χ0) is 11.1. The number of fused-ring (bicyclic) bond motifs is 1. The van der Waals surface area contributed by atoms with Gasteiger partial charge in [-0.2, -0.15) is 5.10 Å². The van der Waals surface area contributed by atoms with Crippen molar-refractivity contribution in [2.75, 3.05) is 18.8 Å². The van der Waals surface area contributed by atoms with Gasteiger partial charge in [0.2, 0.25) is 0 Å². The molecule has 3 N–H and O–H groups in total. The van der Waals surface area contributed by atoms with Crippen molar-refractivity contribution in [2.24, 2.45) is 0 Å². The largest absolute Gasteiger partial charge is 0.383 e. The van der Waals surface area contributed by atoms with Crippen LogP contribution in [0.4, 0.5) is 5.82 Å². The highest BCUT2D eigenvalue weighted by molar-refractivity contribution is 5.87. The summed E-state index contributed by atoms with van der Waals surface area (Å²) in [4.78, 5) is 8.29. The first-order valence-electron chi connectivity index (χ1n) is 5.43. The molecule has 0 unspecified atom stereocenters. The van der Waals surface area contributed by atoms with Crippen molar-refractivity contribution in [3.63, 3.8) is 0 Å². The minimum Gasteiger partial charge on any atom is -0.383 e. The Morgan fingerprint density at radius 2 is 2.38 bits per heavy atom. The molecule has 0 spiro atoms. The lowest BCUT2D eigenvalue weighted by atomic mass is 10.2. The molecule has 16 heavy (non-hydrogen) atoms. The van der Waals surface area contributed by atoms with Gasteiger partial charge in [0.05, 0.1) is 17.1 Å². The van der Waals surface area contributed by atoms with Gasteiger partial charge in [0.1, 0.15) is 12.1 Å². The predicted molar refractivity (Wildman–Crippen MR) is 61.0 cm³/mol. The molecule has 2 aromatic rings. The summed E-state index contributed by atoms with van der Waals surface area (Å²) in [5, 5.41) is 8.73. The molecule has 1 aliphatic rings. The number of nitrogens with zero attached hydrogens (tertiary/aromatic N) is 4. The molecule has 0 saturated carbocycles. The number of rotatable bonds is 1. The Morgan fingerprint density at radius 1 is 1.50 bits per heavy atom. The minimum absolute atomic E-state index is 0.380. The van der Waals surface area contributed by atoms with E-state index in [2.05, 4.69) is 20.4 Å². The van der Waals surface area contributed by atoms with Crippen molar-refractivity contribution in [3.8, 4) is 0 Å². The van der Waals surface area contributed by atoms with Crippen molar-refractivity contribution in [2.45, 2.75) is 19.4 Å². The van der Waals surface area contributed by atoms with Crippen LogP contribution in [0.1, 0.15) is 18.2 Å². The van der Waals surface area contributed by atoms with Gasteiger partial charge in [0.25, 0.3) is 0 Å². The molecule has 2 aromatic heterocycles. The molecule has 6 heteroatoms. The van der Waals surface area contributed by atoms with Crippen LogP contribution in [0.3, 0.4) is 0 Å². The van der Waals surface area contributed by atoms with Crippen molar-refractivity contribution in [1.29, 1.82) is 0 Å². The Kier molecular flexibility index (Phi) is 2.03. The second-order valence-electron chi connectivity index (χ2n) is 4.13. The first-order valence-corrected chi connectivity index (χ1v) is 5.43. The Bertz CT molecular complexity index is 525. The molecule has 1 aliphatic heterocycles. The molecule has 6 nitrogen and oxygen atoms in total. The lowest BCUT2D eigenvalue weighted by molar-refractivity contribution is 0.500. The average Bonchev–Trinajstić information content (AvgIpc) is 2.86. The van der Waals surface area contributed by atoms with E-state index in [-0.39, 0.29) is 0 Å². The Balaban J connectivity index is 2.22. The van der Waals surface area contributed by atoms with Gasteiger partial charge in [-0.25, -0.2) is 14.6 Å². The van der Waals surface area contributed by atoms with Crippen LogP contribution < -0.4 is 11.1 Å². The SMILES string of the molecule is Cc1nn([C@H]2CCNC2)c2ncnc(N)c12. The van der Waals surface area contributed by atoms with Crippen LogP contribution in [0, 0.1) is 6.92 Å². The zero-order valence-electron chi connectivity index (χ0n) is 9.14. The number of hydrogen-bond acceptors (Lipinski definition) is 5. The van der Waals surface area contributed by atoms with E-state index in [1.165, 1.54) is 6.33 Å². The molecule has 0 amide bonds. The smallest absolute Gasteiger partial charge is 0.163 e. The molecule has 1 fully saturated rings. The monoisotopic (exact) mass is 218 g/mol. The Labute approximate surface area is 92.9 Å². The topological polar surface area (TPSA) is 81.7 Å². The summed E-state index contributed by atoms with van der Waals surface area (Å²) in [5.41, 5.74) is 7.60. The second-order valence-corrected chi connectivity index (χ2v) is 4.13. The number of anilines is 1. The van der Waals surface area contributed by atoms with Crippen LogP contribution in [-0.4, -0.2) is 32.8 Å². The third-order valence-electron chi connectivity index (χ3n) is 3.07. The number of aryl methyl sites for hydroxylation is 1. The van der Waals surface area contributed by atoms with E-state index < -0.39 is 0 Å². The molecule has 3 heterocycles. The molecule has 1 atom stereocenters. The molecular weight excluding hydrogens is 204 g/mol. The molecule has 0 aromatic carbocycles. The lowest BCUT2D eigenvalue weighted by Gasteiger charge is -2.09. The van der Waals surface area contributed by atoms with Crippen LogP contribution in [0.25, 0.3) is 11.0 Å². The fraction of sp³-hybridized carbons (Fsp3) is 0.500. The van der Waals surface area contributed by atoms with Gasteiger partial charge >= 0.3 is 0 Å². The molecule has 84 valence electrons. The Hall–Kier alpha value is -1.69. The van der Waals surface area contributed by atoms with Crippen LogP contribution in [0.15, 0.2) is 6.33 Å². The van der Waals surface area contributed by atoms with E-state index in [0.717, 1.165) is 36.2 Å². The average molecular weight is 218 g/mol. The van der Waals surface area contributed by atoms with Crippen LogP contribution in [0.5, 0.6) is 0 Å². The van der Waals surface area contributed by atoms with Crippen LogP contribution in [-0.2, 0) is 0 Å². The summed E-state index contributed by atoms with van der Waals surface area (Å²) < 4.78 is 1.97. The van der Waals surface area contributed by atoms with E-state index >= 15 is 0 Å². The first kappa shape index (κ1) is 9.53. The highest BCUT2D eigenvalue weighted by atomic mass is 15.3. The number of hydrogen-bond donors (Lipinski definition) is 2. The van der Waals surface area contributed by atoms with E-state index in [1.807, 2.05) is 11.6 Å². The summed E-state index contributed by atoms with van der Waals surface area (Å²) in [6.07, 6.45) is 2.58. The van der Waals surface area contributed by atoms with Crippen molar-refractivity contribution in [1.82, 2.24) is 25.1 Å². The van der Waals surface area contributed by atoms with E-state index in [1.54, 1.807) is 0 Å². The minimum atomic E-state index is 0.380. The summed E-state index contributed by atoms with van der Waals surface area (Å²) in [6.45, 7) is 3.92. The molecule has 0 radical (unpaired) electrons. The maximum Gasteiger partial charge on any atom is 0.163 e. The van der Waals surface area contributed by atoms with E-state index in [4.69, 9.17) is 5.73 Å². The highest BCUT2D eigenvalue weighted by Gasteiger charge is 2.22. The van der Waals surface area contributed by atoms with Gasteiger partial charge in [-0.05, 0) is 19.9 Å². The normalized spacial score (nSPS) is 20.7. The van der Waals surface area contributed by atoms with Gasteiger partial charge in [-0.1, -0.05) is 0 Å². The lowest BCUT2D eigenvalue weighted by Crippen LogP contribution is -2.15. The number of aromatic nitrogens is 4. The summed E-state index contributed by atoms with van der Waals surface area (Å²) >= 11 is 0. The maximum absolute atomic E-state index is 5.85. The Morgan fingerprint density at radius 3 is 3.12 bits per heavy atom. The quantitative estimate of drug-likeness (QED) is 0.717. The van der Waals surface area contributed by atoms with Gasteiger partial charge in [-0.15, -0.1) is 0 Å². The second kappa shape index (κ2) is 3.41. The van der Waals surface area contributed by atoms with E-state index in [9.17, 15) is 0 Å². The number of nitrogen functional groups attached to an aromatic ring is 1. The van der Waals surface area contributed by atoms with Crippen molar-refractivity contribution < 1.29 is 0 Å². The fourth-order valence-corrected chi connectivity index (χ4v) is 2.27. The first-order chi connectivity index (χ1) is 7.77. The van der Waals surface area contributed by atoms with Crippen molar-refractivity contribution >= 4 is 16.9 Å². The maximum atomic E-state index is 5.85. The zero-order valence-corrected chi connectivity index (χ0v) is 9.14. The summed E-state index contributed by atoms with van der Waals surface area (Å²) in [7, 11) is 0. The molecule has 1 saturated heterocycles. The number of nitrogens with one attached hydrogen (secondary N) is 1. The van der Waals surface area contributed by atoms with Gasteiger partial charge in [-0.3, -0.25) is 0 Å². The van der Waals surface area contributed by atoms with Gasteiger partial charge in [0, 0.05) is 6.54 Å². The molecular formula is C10H14N6. The summed E-state index contributed by atoms with van der Waals surface area (Å²) in [6, 6.07) is 0.380. The van der Waals surface area contributed by atoms with Gasteiger partial charge < -0.3 is 11.1 Å². The molecule has 0 bridgehead atoms. The fourth-order valence-electron chi connectivity index (χ4n) is 2.27. The standard InChI is InChI=1S/C10H14N6/c1-6-8-9(11)13-5-14-10(8)16(15-6)7-2-3-12-4-7/h5,7,12H,2-4H2,1H3,(H2,11,13,14)/t7-/m0/s1. The highest BCUT2D eigenvalue weighted by Crippen LogP contribution is 2.25. The third-order valence-corrected chi connectivity index (χ3v) is 3.07. The van der Waals surface area contributed by atoms with E-state index in [0.29, 0.717) is 11.9 Å². The summed E-state index contributed by atoms with van der Waals surface area (Å²) in [5.74, 6) is 0.514. The van der Waals surface area contributed by atoms with Crippen LogP contribution >= 0.6 is 0 Å². The van der Waals surface area contributed by atoms with Crippen molar-refractivity contribution in [3.05, 3.63) is 12.0 Å². The molecule has 0 aliphatic carbocycles. The number of nitrogens with two attached hydrogens (primary N) is 1. The predicted octanol–water partition coefficient (Wildman–Crippen LogP) is 0.251. The molecule has 3 rings (SSSR count). The van der Waals surface area contributed by atoms with Crippen LogP contribution in [0.2, 0.25) is 0 Å².